The van der Waals surface area contributed by atoms with Crippen LogP contribution in [0.3, 0.4) is 0 Å². The Hall–Kier alpha value is -3.67. The molecule has 17 heteroatoms. The van der Waals surface area contributed by atoms with Crippen molar-refractivity contribution >= 4 is 29.9 Å². The number of alkyl carbamates (subject to hydrolysis) is 2. The monoisotopic (exact) mass is 932 g/mol. The van der Waals surface area contributed by atoms with Gasteiger partial charge in [0.1, 0.15) is 18.5 Å². The average molecular weight is 932 g/mol. The number of fused-ring (bicyclic) bond motifs is 5. The molecule has 0 aromatic carbocycles. The smallest absolute Gasteiger partial charge is 0.407 e. The third kappa shape index (κ3) is 17.1. The van der Waals surface area contributed by atoms with Crippen LogP contribution in [-0.4, -0.2) is 114 Å². The van der Waals surface area contributed by atoms with E-state index in [0.717, 1.165) is 54.8 Å². The van der Waals surface area contributed by atoms with Crippen molar-refractivity contribution in [1.29, 1.82) is 5.41 Å². The fourth-order valence-electron chi connectivity index (χ4n) is 11.8. The Morgan fingerprint density at radius 3 is 2.24 bits per heavy atom. The van der Waals surface area contributed by atoms with Crippen molar-refractivity contribution < 1.29 is 38.1 Å². The highest BCUT2D eigenvalue weighted by atomic mass is 16.7. The minimum Gasteiger partial charge on any atom is -0.447 e. The van der Waals surface area contributed by atoms with Gasteiger partial charge in [0.15, 0.2) is 11.7 Å². The molecule has 0 aromatic heterocycles. The van der Waals surface area contributed by atoms with Crippen molar-refractivity contribution in [3.63, 3.8) is 0 Å². The number of ether oxygens (including phenoxy) is 5. The van der Waals surface area contributed by atoms with Crippen LogP contribution in [0, 0.1) is 51.7 Å². The number of nitrogens with one attached hydrogen (secondary N) is 5. The molecule has 378 valence electrons. The summed E-state index contributed by atoms with van der Waals surface area (Å²) in [4.78, 5) is 41.6. The van der Waals surface area contributed by atoms with Gasteiger partial charge in [0, 0.05) is 32.6 Å². The van der Waals surface area contributed by atoms with E-state index in [1.807, 2.05) is 0 Å². The normalized spacial score (nSPS) is 26.7. The number of carbonyl (C=O) groups is 3. The quantitative estimate of drug-likeness (QED) is 0.0139. The molecule has 4 aliphatic rings. The number of allylic oxidation sites excluding steroid dienone is 1. The predicted octanol–water partition coefficient (Wildman–Crippen LogP) is 6.09. The van der Waals surface area contributed by atoms with E-state index in [2.05, 4.69) is 67.0 Å². The van der Waals surface area contributed by atoms with E-state index in [0.29, 0.717) is 31.2 Å². The van der Waals surface area contributed by atoms with Gasteiger partial charge in [-0.1, -0.05) is 65.5 Å². The lowest BCUT2D eigenvalue weighted by molar-refractivity contribution is -0.211. The molecule has 66 heavy (non-hydrogen) atoms. The summed E-state index contributed by atoms with van der Waals surface area (Å²) in [5, 5.41) is 18.7. The molecule has 0 bridgehead atoms. The second-order valence-electron chi connectivity index (χ2n) is 20.8. The van der Waals surface area contributed by atoms with Crippen molar-refractivity contribution in [1.82, 2.24) is 21.3 Å². The second-order valence-corrected chi connectivity index (χ2v) is 20.8. The fraction of sp³-hybridized carbons (Fsp3) is 0.857. The molecular formula is C49H89N9O8. The number of unbranched alkanes of at least 4 members (excludes halogenated alkanes) is 1. The van der Waals surface area contributed by atoms with Gasteiger partial charge in [-0.2, -0.15) is 0 Å². The summed E-state index contributed by atoms with van der Waals surface area (Å²) in [6.07, 6.45) is 16.9. The summed E-state index contributed by atoms with van der Waals surface area (Å²) in [5.41, 5.74) is 18.3. The molecule has 4 aliphatic carbocycles. The molecule has 11 N–H and O–H groups in total. The van der Waals surface area contributed by atoms with E-state index in [1.54, 1.807) is 13.8 Å². The number of hydrogen-bond acceptors (Lipinski definition) is 11. The number of guanidine groups is 1. The molecule has 0 aromatic rings. The first-order chi connectivity index (χ1) is 31.3. The first kappa shape index (κ1) is 54.9. The first-order valence-electron chi connectivity index (χ1n) is 25.1. The lowest BCUT2D eigenvalue weighted by atomic mass is 9.47. The van der Waals surface area contributed by atoms with Crippen LogP contribution in [0.15, 0.2) is 16.6 Å². The van der Waals surface area contributed by atoms with Gasteiger partial charge >= 0.3 is 12.2 Å². The van der Waals surface area contributed by atoms with Crippen LogP contribution in [-0.2, 0) is 28.5 Å². The van der Waals surface area contributed by atoms with E-state index >= 15 is 0 Å². The maximum absolute atomic E-state index is 12.9. The standard InChI is InChI=1S/C49H89N9O8/c1-33(2)11-10-12-34(3)38-16-17-39-37-15-14-35-31-36(18-20-48(35,6)40(37)19-21-49(38,39)7)66-46(61)57-25-28-65-47(4,5)64-27-24-56-45(60)63-30-29-62-26-23-54-43(59)41(58-32-42(50)51)13-8-9-22-55-44(52)53/h14,33-34,36-41,58H,8-13,15-32H2,1-7H3,(H3,50,51)(H,54,59)(H,56,60)(H,57,61)(H4,52,53,55). The van der Waals surface area contributed by atoms with Gasteiger partial charge in [0.2, 0.25) is 5.91 Å². The molecule has 9 atom stereocenters. The van der Waals surface area contributed by atoms with Crippen LogP contribution in [0.4, 0.5) is 9.59 Å². The van der Waals surface area contributed by atoms with Gasteiger partial charge in [-0.25, -0.2) is 9.59 Å². The summed E-state index contributed by atoms with van der Waals surface area (Å²) >= 11 is 0. The third-order valence-electron chi connectivity index (χ3n) is 15.2. The highest BCUT2D eigenvalue weighted by Gasteiger charge is 2.59. The zero-order chi connectivity index (χ0) is 48.3. The highest BCUT2D eigenvalue weighted by Crippen LogP contribution is 2.67. The van der Waals surface area contributed by atoms with Crippen LogP contribution >= 0.6 is 0 Å². The van der Waals surface area contributed by atoms with Gasteiger partial charge in [-0.05, 0) is 124 Å². The van der Waals surface area contributed by atoms with Gasteiger partial charge < -0.3 is 56.8 Å². The minimum absolute atomic E-state index is 0.0270. The van der Waals surface area contributed by atoms with Crippen molar-refractivity contribution in [2.75, 3.05) is 65.8 Å². The number of nitrogens with zero attached hydrogens (tertiary/aromatic N) is 1. The molecule has 3 amide bonds. The molecule has 0 heterocycles. The van der Waals surface area contributed by atoms with Gasteiger partial charge in [-0.3, -0.25) is 20.5 Å². The Kier molecular flexibility index (Phi) is 22.3. The van der Waals surface area contributed by atoms with Gasteiger partial charge in [-0.15, -0.1) is 0 Å². The van der Waals surface area contributed by atoms with Crippen LogP contribution in [0.25, 0.3) is 0 Å². The van der Waals surface area contributed by atoms with Crippen LogP contribution in [0.1, 0.15) is 138 Å². The molecule has 0 spiro atoms. The molecule has 17 nitrogen and oxygen atoms in total. The van der Waals surface area contributed by atoms with Crippen molar-refractivity contribution in [2.45, 2.75) is 156 Å². The lowest BCUT2D eigenvalue weighted by Gasteiger charge is -2.58. The molecule has 4 rings (SSSR count). The predicted molar refractivity (Wildman–Crippen MR) is 259 cm³/mol. The minimum atomic E-state index is -0.945. The number of aliphatic imine (C=N–C) groups is 1. The summed E-state index contributed by atoms with van der Waals surface area (Å²) in [7, 11) is 0. The van der Waals surface area contributed by atoms with Gasteiger partial charge in [0.25, 0.3) is 0 Å². The van der Waals surface area contributed by atoms with Crippen molar-refractivity contribution in [2.24, 2.45) is 68.5 Å². The SMILES string of the molecule is CC(C)CCCC(C)C1CCC2C3CC=C4CC(OC(=O)NCCOC(C)(C)OCCNC(=O)OCCOCCNC(=O)C(CCCCN=C(N)N)NCC(=N)N)CCC4(C)C3CCC12C. The van der Waals surface area contributed by atoms with E-state index in [-0.39, 0.29) is 88.4 Å². The maximum atomic E-state index is 12.9. The zero-order valence-corrected chi connectivity index (χ0v) is 41.6. The topological polar surface area (TPSA) is 260 Å². The van der Waals surface area contributed by atoms with Gasteiger partial charge in [0.05, 0.1) is 39.0 Å². The van der Waals surface area contributed by atoms with E-state index < -0.39 is 24.0 Å². The van der Waals surface area contributed by atoms with Crippen molar-refractivity contribution in [3.05, 3.63) is 11.6 Å². The first-order valence-corrected chi connectivity index (χ1v) is 25.1. The summed E-state index contributed by atoms with van der Waals surface area (Å²) < 4.78 is 28.3. The van der Waals surface area contributed by atoms with Crippen molar-refractivity contribution in [3.8, 4) is 0 Å². The average Bonchev–Trinajstić information content (AvgIpc) is 3.61. The number of nitrogens with two attached hydrogens (primary N) is 3. The number of hydrogen-bond donors (Lipinski definition) is 8. The molecule has 9 unspecified atom stereocenters. The number of amides is 3. The Morgan fingerprint density at radius 2 is 1.55 bits per heavy atom. The molecule has 0 saturated heterocycles. The highest BCUT2D eigenvalue weighted by molar-refractivity contribution is 5.83. The summed E-state index contributed by atoms with van der Waals surface area (Å²) in [6.45, 7) is 18.1. The Balaban J connectivity index is 1.03. The molecule has 3 fully saturated rings. The molecular weight excluding hydrogens is 843 g/mol. The van der Waals surface area contributed by atoms with E-state index in [9.17, 15) is 14.4 Å². The summed E-state index contributed by atoms with van der Waals surface area (Å²) in [6, 6.07) is -0.534. The number of amidine groups is 1. The largest absolute Gasteiger partial charge is 0.447 e. The van der Waals surface area contributed by atoms with Crippen LogP contribution in [0.5, 0.6) is 0 Å². The van der Waals surface area contributed by atoms with Crippen LogP contribution < -0.4 is 38.5 Å². The summed E-state index contributed by atoms with van der Waals surface area (Å²) in [5.74, 6) is 3.59. The molecule has 0 radical (unpaired) electrons. The molecule has 3 saturated carbocycles. The lowest BCUT2D eigenvalue weighted by Crippen LogP contribution is -2.51. The number of carbonyl (C=O) groups excluding carboxylic acids is 3. The Morgan fingerprint density at radius 1 is 0.833 bits per heavy atom. The number of rotatable bonds is 29. The Labute approximate surface area is 395 Å². The molecule has 0 aliphatic heterocycles. The fourth-order valence-corrected chi connectivity index (χ4v) is 11.8. The van der Waals surface area contributed by atoms with E-state index in [1.165, 1.54) is 56.9 Å². The van der Waals surface area contributed by atoms with E-state index in [4.69, 9.17) is 46.3 Å². The third-order valence-corrected chi connectivity index (χ3v) is 15.2. The maximum Gasteiger partial charge on any atom is 0.407 e. The Bertz CT molecular complexity index is 1610. The van der Waals surface area contributed by atoms with Crippen LogP contribution in [0.2, 0.25) is 0 Å². The zero-order valence-electron chi connectivity index (χ0n) is 41.6. The second kappa shape index (κ2) is 26.8.